The van der Waals surface area contributed by atoms with Gasteiger partial charge in [-0.3, -0.25) is 19.7 Å². The van der Waals surface area contributed by atoms with Gasteiger partial charge in [-0.15, -0.1) is 0 Å². The number of hydrogen-bond donors (Lipinski definition) is 2. The van der Waals surface area contributed by atoms with Crippen LogP contribution in [-0.4, -0.2) is 27.9 Å². The van der Waals surface area contributed by atoms with Crippen LogP contribution in [0.15, 0.2) is 36.4 Å². The Hall–Kier alpha value is -2.70. The molecule has 7 nitrogen and oxygen atoms in total. The van der Waals surface area contributed by atoms with Gasteiger partial charge in [-0.2, -0.15) is 0 Å². The van der Waals surface area contributed by atoms with Crippen LogP contribution in [0.3, 0.4) is 0 Å². The SMILES string of the molecule is O=C(NC1C=CC(C(=O)O)C1)c1cccc([N+](=O)[O-])c1. The molecule has 0 fully saturated rings. The van der Waals surface area contributed by atoms with Crippen LogP contribution < -0.4 is 5.32 Å². The summed E-state index contributed by atoms with van der Waals surface area (Å²) in [7, 11) is 0. The van der Waals surface area contributed by atoms with Gasteiger partial charge in [0.1, 0.15) is 0 Å². The Morgan fingerprint density at radius 3 is 2.70 bits per heavy atom. The lowest BCUT2D eigenvalue weighted by Crippen LogP contribution is -2.33. The van der Waals surface area contributed by atoms with Crippen LogP contribution in [0.1, 0.15) is 16.8 Å². The first-order valence-corrected chi connectivity index (χ1v) is 5.94. The topological polar surface area (TPSA) is 110 Å². The molecule has 20 heavy (non-hydrogen) atoms. The van der Waals surface area contributed by atoms with E-state index in [0.29, 0.717) is 0 Å². The van der Waals surface area contributed by atoms with Crippen LogP contribution in [0.4, 0.5) is 5.69 Å². The number of carboxylic acid groups (broad SMARTS) is 1. The first kappa shape index (κ1) is 13.7. The van der Waals surface area contributed by atoms with E-state index < -0.39 is 22.7 Å². The molecule has 2 atom stereocenters. The molecule has 1 amide bonds. The Balaban J connectivity index is 2.03. The summed E-state index contributed by atoms with van der Waals surface area (Å²) in [6.45, 7) is 0. The quantitative estimate of drug-likeness (QED) is 0.490. The van der Waals surface area contributed by atoms with Crippen molar-refractivity contribution in [3.8, 4) is 0 Å². The average Bonchev–Trinajstić information content (AvgIpc) is 2.87. The third-order valence-electron chi connectivity index (χ3n) is 3.04. The highest BCUT2D eigenvalue weighted by atomic mass is 16.6. The molecule has 0 heterocycles. The van der Waals surface area contributed by atoms with Crippen molar-refractivity contribution in [1.29, 1.82) is 0 Å². The Bertz CT molecular complexity index is 596. The van der Waals surface area contributed by atoms with E-state index in [1.54, 1.807) is 6.08 Å². The fourth-order valence-corrected chi connectivity index (χ4v) is 2.00. The number of amides is 1. The van der Waals surface area contributed by atoms with E-state index >= 15 is 0 Å². The maximum absolute atomic E-state index is 11.9. The summed E-state index contributed by atoms with van der Waals surface area (Å²) in [6, 6.07) is 5.01. The van der Waals surface area contributed by atoms with E-state index in [-0.39, 0.29) is 23.7 Å². The second-order valence-electron chi connectivity index (χ2n) is 4.45. The molecule has 7 heteroatoms. The molecule has 2 unspecified atom stereocenters. The number of carboxylic acids is 1. The molecule has 2 rings (SSSR count). The molecule has 1 aromatic rings. The minimum atomic E-state index is -0.937. The molecule has 104 valence electrons. The van der Waals surface area contributed by atoms with Crippen molar-refractivity contribution in [2.24, 2.45) is 5.92 Å². The van der Waals surface area contributed by atoms with Crippen molar-refractivity contribution in [3.05, 3.63) is 52.1 Å². The van der Waals surface area contributed by atoms with Crippen molar-refractivity contribution >= 4 is 17.6 Å². The number of hydrogen-bond acceptors (Lipinski definition) is 4. The fraction of sp³-hybridized carbons (Fsp3) is 0.231. The summed E-state index contributed by atoms with van der Waals surface area (Å²) in [6.07, 6.45) is 3.44. The molecule has 1 aromatic carbocycles. The van der Waals surface area contributed by atoms with Crippen molar-refractivity contribution in [3.63, 3.8) is 0 Å². The second-order valence-corrected chi connectivity index (χ2v) is 4.45. The zero-order valence-electron chi connectivity index (χ0n) is 10.4. The van der Waals surface area contributed by atoms with Gasteiger partial charge < -0.3 is 10.4 Å². The first-order valence-electron chi connectivity index (χ1n) is 5.94. The van der Waals surface area contributed by atoms with Crippen LogP contribution in [0.25, 0.3) is 0 Å². The third kappa shape index (κ3) is 3.00. The van der Waals surface area contributed by atoms with E-state index in [4.69, 9.17) is 5.11 Å². The number of carbonyl (C=O) groups excluding carboxylic acids is 1. The van der Waals surface area contributed by atoms with E-state index in [2.05, 4.69) is 5.32 Å². The Morgan fingerprint density at radius 2 is 2.10 bits per heavy atom. The molecule has 1 aliphatic rings. The minimum absolute atomic E-state index is 0.164. The predicted octanol–water partition coefficient (Wildman–Crippen LogP) is 1.35. The highest BCUT2D eigenvalue weighted by Crippen LogP contribution is 2.19. The highest BCUT2D eigenvalue weighted by Gasteiger charge is 2.25. The van der Waals surface area contributed by atoms with Crippen LogP contribution in [0, 0.1) is 16.0 Å². The molecule has 0 bridgehead atoms. The smallest absolute Gasteiger partial charge is 0.310 e. The zero-order valence-corrected chi connectivity index (χ0v) is 10.4. The van der Waals surface area contributed by atoms with Gasteiger partial charge in [-0.05, 0) is 12.5 Å². The highest BCUT2D eigenvalue weighted by molar-refractivity contribution is 5.95. The minimum Gasteiger partial charge on any atom is -0.481 e. The number of rotatable bonds is 4. The van der Waals surface area contributed by atoms with Crippen LogP contribution in [0.2, 0.25) is 0 Å². The van der Waals surface area contributed by atoms with Gasteiger partial charge in [0.2, 0.25) is 0 Å². The molecule has 0 radical (unpaired) electrons. The van der Waals surface area contributed by atoms with Gasteiger partial charge in [-0.25, -0.2) is 0 Å². The lowest BCUT2D eigenvalue weighted by atomic mass is 10.1. The molecule has 1 aliphatic carbocycles. The lowest BCUT2D eigenvalue weighted by molar-refractivity contribution is -0.384. The lowest BCUT2D eigenvalue weighted by Gasteiger charge is -2.12. The van der Waals surface area contributed by atoms with Crippen LogP contribution in [0.5, 0.6) is 0 Å². The number of nitrogens with one attached hydrogen (secondary N) is 1. The Morgan fingerprint density at radius 1 is 1.35 bits per heavy atom. The fourth-order valence-electron chi connectivity index (χ4n) is 2.00. The number of nitrogens with zero attached hydrogens (tertiary/aromatic N) is 1. The maximum atomic E-state index is 11.9. The number of carbonyl (C=O) groups is 2. The molecule has 0 spiro atoms. The number of non-ortho nitro benzene ring substituents is 1. The molecule has 2 N–H and O–H groups in total. The van der Waals surface area contributed by atoms with Crippen molar-refractivity contribution in [1.82, 2.24) is 5.32 Å². The largest absolute Gasteiger partial charge is 0.481 e. The van der Waals surface area contributed by atoms with Gasteiger partial charge in [0, 0.05) is 23.7 Å². The number of benzene rings is 1. The summed E-state index contributed by atoms with van der Waals surface area (Å²) in [4.78, 5) is 32.8. The number of nitro groups is 1. The average molecular weight is 276 g/mol. The molecule has 0 aliphatic heterocycles. The van der Waals surface area contributed by atoms with Gasteiger partial charge in [0.15, 0.2) is 0 Å². The van der Waals surface area contributed by atoms with Gasteiger partial charge >= 0.3 is 5.97 Å². The van der Waals surface area contributed by atoms with E-state index in [9.17, 15) is 19.7 Å². The maximum Gasteiger partial charge on any atom is 0.310 e. The van der Waals surface area contributed by atoms with Crippen molar-refractivity contribution in [2.75, 3.05) is 0 Å². The Labute approximate surface area is 114 Å². The normalized spacial score (nSPS) is 20.6. The molecule has 0 aromatic heterocycles. The van der Waals surface area contributed by atoms with E-state index in [0.717, 1.165) is 0 Å². The molecule has 0 saturated carbocycles. The van der Waals surface area contributed by atoms with E-state index in [1.807, 2.05) is 0 Å². The number of aliphatic carboxylic acids is 1. The third-order valence-corrected chi connectivity index (χ3v) is 3.04. The molecular weight excluding hydrogens is 264 g/mol. The Kier molecular flexibility index (Phi) is 3.79. The van der Waals surface area contributed by atoms with Crippen LogP contribution >= 0.6 is 0 Å². The van der Waals surface area contributed by atoms with Crippen molar-refractivity contribution in [2.45, 2.75) is 12.5 Å². The van der Waals surface area contributed by atoms with Crippen molar-refractivity contribution < 1.29 is 19.6 Å². The summed E-state index contributed by atoms with van der Waals surface area (Å²) in [5, 5.41) is 22.1. The summed E-state index contributed by atoms with van der Waals surface area (Å²) < 4.78 is 0. The summed E-state index contributed by atoms with van der Waals surface area (Å²) in [5.41, 5.74) is 0.00871. The summed E-state index contributed by atoms with van der Waals surface area (Å²) in [5.74, 6) is -2.01. The van der Waals surface area contributed by atoms with Gasteiger partial charge in [0.05, 0.1) is 10.8 Å². The van der Waals surface area contributed by atoms with Crippen LogP contribution in [-0.2, 0) is 4.79 Å². The molecule has 0 saturated heterocycles. The number of nitro benzene ring substituents is 1. The predicted molar refractivity (Wildman–Crippen MR) is 69.2 cm³/mol. The molecular formula is C13H12N2O5. The standard InChI is InChI=1S/C13H12N2O5/c16-12(8-2-1-3-11(7-8)15(19)20)14-10-5-4-9(6-10)13(17)18/h1-5,7,9-10H,6H2,(H,14,16)(H,17,18). The van der Waals surface area contributed by atoms with Gasteiger partial charge in [-0.1, -0.05) is 18.2 Å². The summed E-state index contributed by atoms with van der Waals surface area (Å²) >= 11 is 0. The zero-order chi connectivity index (χ0) is 14.7. The monoisotopic (exact) mass is 276 g/mol. The first-order chi connectivity index (χ1) is 9.47. The van der Waals surface area contributed by atoms with E-state index in [1.165, 1.54) is 30.3 Å². The van der Waals surface area contributed by atoms with Gasteiger partial charge in [0.25, 0.3) is 11.6 Å². The second kappa shape index (κ2) is 5.52.